The smallest absolute Gasteiger partial charge is 0.206 e. The van der Waals surface area contributed by atoms with E-state index in [9.17, 15) is 9.50 Å². The highest BCUT2D eigenvalue weighted by Gasteiger charge is 2.23. The van der Waals surface area contributed by atoms with E-state index >= 15 is 4.39 Å². The van der Waals surface area contributed by atoms with Gasteiger partial charge >= 0.3 is 0 Å². The van der Waals surface area contributed by atoms with Gasteiger partial charge in [0.1, 0.15) is 5.60 Å². The summed E-state index contributed by atoms with van der Waals surface area (Å²) in [5.41, 5.74) is 0.881. The summed E-state index contributed by atoms with van der Waals surface area (Å²) in [5.74, 6) is -1.27. The van der Waals surface area contributed by atoms with Crippen LogP contribution in [0.15, 0.2) is 61.8 Å². The van der Waals surface area contributed by atoms with E-state index in [0.717, 1.165) is 6.20 Å². The van der Waals surface area contributed by atoms with Crippen molar-refractivity contribution < 1.29 is 18.6 Å². The molecule has 3 N–H and O–H groups in total. The van der Waals surface area contributed by atoms with Crippen LogP contribution in [0.25, 0.3) is 33.6 Å². The van der Waals surface area contributed by atoms with Gasteiger partial charge < -0.3 is 24.7 Å². The lowest BCUT2D eigenvalue weighted by Gasteiger charge is -2.26. The lowest BCUT2D eigenvalue weighted by Crippen LogP contribution is -2.33. The van der Waals surface area contributed by atoms with Gasteiger partial charge in [-0.3, -0.25) is 0 Å². The number of anilines is 1. The Hall–Kier alpha value is -3.98. The lowest BCUT2D eigenvalue weighted by atomic mass is 10.1. The highest BCUT2D eigenvalue weighted by atomic mass is 19.1. The van der Waals surface area contributed by atoms with Crippen LogP contribution in [0.2, 0.25) is 0 Å². The molecule has 1 aliphatic heterocycles. The van der Waals surface area contributed by atoms with Gasteiger partial charge in [0.15, 0.2) is 23.2 Å². The molecule has 0 spiro atoms. The minimum Gasteiger partial charge on any atom is -0.480 e. The molecule has 170 valence electrons. The number of aromatic nitrogens is 4. The number of fused-ring (bicyclic) bond motifs is 6. The number of H-pyrrole nitrogens is 1. The highest BCUT2D eigenvalue weighted by Crippen LogP contribution is 2.32. The number of aliphatic hydroxyl groups excluding tert-OH is 1. The Balaban J connectivity index is 2.24. The molecule has 6 bridgehead atoms. The molecule has 9 heteroatoms. The zero-order chi connectivity index (χ0) is 23.8. The third kappa shape index (κ3) is 4.49. The second-order valence-corrected chi connectivity index (χ2v) is 8.03. The molecular formula is C24H23F2N5O2. The Labute approximate surface area is 188 Å². The first kappa shape index (κ1) is 22.2. The number of rotatable bonds is 5. The van der Waals surface area contributed by atoms with E-state index in [1.165, 1.54) is 12.1 Å². The van der Waals surface area contributed by atoms with Crippen LogP contribution in [-0.4, -0.2) is 36.8 Å². The predicted octanol–water partition coefficient (Wildman–Crippen LogP) is 5.24. The van der Waals surface area contributed by atoms with Crippen LogP contribution in [0.5, 0.6) is 5.75 Å². The zero-order valence-corrected chi connectivity index (χ0v) is 18.2. The van der Waals surface area contributed by atoms with Crippen LogP contribution >= 0.6 is 0 Å². The van der Waals surface area contributed by atoms with Crippen LogP contribution in [0.1, 0.15) is 19.7 Å². The Morgan fingerprint density at radius 1 is 1.21 bits per heavy atom. The van der Waals surface area contributed by atoms with Crippen LogP contribution in [-0.2, 0) is 0 Å². The third-order valence-electron chi connectivity index (χ3n) is 4.90. The number of ether oxygens (including phenoxy) is 1. The molecule has 0 fully saturated rings. The maximum Gasteiger partial charge on any atom is 0.206 e. The molecule has 33 heavy (non-hydrogen) atoms. The Kier molecular flexibility index (Phi) is 5.73. The van der Waals surface area contributed by atoms with Crippen molar-refractivity contribution in [3.05, 3.63) is 73.5 Å². The maximum absolute atomic E-state index is 15.4. The highest BCUT2D eigenvalue weighted by molar-refractivity contribution is 5.80. The molecule has 2 heterocycles. The van der Waals surface area contributed by atoms with E-state index in [1.54, 1.807) is 48.7 Å². The maximum atomic E-state index is 15.4. The topological polar surface area (TPSA) is 88.0 Å². The van der Waals surface area contributed by atoms with E-state index < -0.39 is 17.2 Å². The van der Waals surface area contributed by atoms with E-state index in [1.807, 2.05) is 0 Å². The molecule has 0 radical (unpaired) electrons. The largest absolute Gasteiger partial charge is 0.480 e. The summed E-state index contributed by atoms with van der Waals surface area (Å²) < 4.78 is 37.3. The summed E-state index contributed by atoms with van der Waals surface area (Å²) >= 11 is 0. The van der Waals surface area contributed by atoms with Gasteiger partial charge in [-0.15, -0.1) is 0 Å². The summed E-state index contributed by atoms with van der Waals surface area (Å²) in [7, 11) is 0. The Morgan fingerprint density at radius 2 is 2.00 bits per heavy atom. The van der Waals surface area contributed by atoms with Crippen molar-refractivity contribution in [2.75, 3.05) is 11.9 Å². The number of aromatic amines is 1. The van der Waals surface area contributed by atoms with Gasteiger partial charge in [-0.1, -0.05) is 19.2 Å². The second-order valence-electron chi connectivity index (χ2n) is 8.03. The number of allylic oxidation sites excluding steroid dienone is 2. The number of benzene rings is 2. The van der Waals surface area contributed by atoms with Gasteiger partial charge in [-0.25, -0.2) is 18.7 Å². The van der Waals surface area contributed by atoms with Crippen molar-refractivity contribution in [1.82, 2.24) is 19.5 Å². The zero-order valence-electron chi connectivity index (χ0n) is 18.2. The van der Waals surface area contributed by atoms with Crippen LogP contribution in [0.4, 0.5) is 14.7 Å². The summed E-state index contributed by atoms with van der Waals surface area (Å²) in [6.45, 7) is 10.8. The minimum absolute atomic E-state index is 0.0373. The van der Waals surface area contributed by atoms with E-state index in [0.29, 0.717) is 22.2 Å². The molecule has 3 aromatic rings. The fourth-order valence-corrected chi connectivity index (χ4v) is 3.27. The molecule has 0 aliphatic carbocycles. The molecule has 0 atom stereocenters. The van der Waals surface area contributed by atoms with Crippen molar-refractivity contribution in [3.8, 4) is 5.75 Å². The van der Waals surface area contributed by atoms with Crippen molar-refractivity contribution in [2.45, 2.75) is 19.4 Å². The Bertz CT molecular complexity index is 1400. The molecule has 0 saturated carbocycles. The first-order chi connectivity index (χ1) is 15.7. The van der Waals surface area contributed by atoms with Gasteiger partial charge in [0.2, 0.25) is 5.95 Å². The monoisotopic (exact) mass is 451 g/mol. The summed E-state index contributed by atoms with van der Waals surface area (Å²) in [6, 6.07) is 9.70. The first-order valence-corrected chi connectivity index (χ1v) is 10.1. The van der Waals surface area contributed by atoms with Crippen molar-refractivity contribution >= 4 is 39.5 Å². The summed E-state index contributed by atoms with van der Waals surface area (Å²) in [5, 5.41) is 12.4. The van der Waals surface area contributed by atoms with Crippen LogP contribution < -0.4 is 10.1 Å². The molecule has 4 rings (SSSR count). The summed E-state index contributed by atoms with van der Waals surface area (Å²) in [4.78, 5) is 11.5. The molecular weight excluding hydrogens is 428 g/mol. The molecule has 0 unspecified atom stereocenters. The van der Waals surface area contributed by atoms with Gasteiger partial charge in [0.25, 0.3) is 0 Å². The number of halogens is 2. The number of nitrogens with zero attached hydrogens (tertiary/aromatic N) is 3. The van der Waals surface area contributed by atoms with E-state index in [-0.39, 0.29) is 29.6 Å². The van der Waals surface area contributed by atoms with Gasteiger partial charge in [0.05, 0.1) is 23.2 Å². The van der Waals surface area contributed by atoms with Crippen molar-refractivity contribution in [2.24, 2.45) is 0 Å². The summed E-state index contributed by atoms with van der Waals surface area (Å²) in [6.07, 6.45) is 2.64. The minimum atomic E-state index is -1.06. The fraction of sp³-hybridized carbons (Fsp3) is 0.167. The standard InChI is InChI=1S/C24H23F2N5O2/c1-5-14(2)31-17-8-6-7-15(9-17)28-22-19(26)12-27-23(30-22)29-16-10-18(25)21(20(31)11-16)33-24(3,4)13-32/h5-12,32H,1-2,13H2,3-4H3,(H2,27,28,29,30). The average molecular weight is 451 g/mol. The first-order valence-electron chi connectivity index (χ1n) is 10.1. The normalized spacial score (nSPS) is 12.6. The van der Waals surface area contributed by atoms with Gasteiger partial charge in [0, 0.05) is 23.5 Å². The molecule has 1 aliphatic rings. The van der Waals surface area contributed by atoms with Crippen LogP contribution in [0, 0.1) is 5.82 Å². The van der Waals surface area contributed by atoms with Gasteiger partial charge in [-0.2, -0.15) is 0 Å². The van der Waals surface area contributed by atoms with Crippen LogP contribution in [0.3, 0.4) is 0 Å². The fourth-order valence-electron chi connectivity index (χ4n) is 3.27. The molecule has 2 aromatic carbocycles. The molecule has 1 aromatic heterocycles. The predicted molar refractivity (Wildman–Crippen MR) is 126 cm³/mol. The van der Waals surface area contributed by atoms with Crippen molar-refractivity contribution in [1.29, 1.82) is 0 Å². The lowest BCUT2D eigenvalue weighted by molar-refractivity contribution is 0.0391. The second kappa shape index (κ2) is 8.51. The number of hydrogen-bond donors (Lipinski definition) is 3. The van der Waals surface area contributed by atoms with E-state index in [4.69, 9.17) is 4.74 Å². The van der Waals surface area contributed by atoms with E-state index in [2.05, 4.69) is 33.4 Å². The molecule has 0 amide bonds. The average Bonchev–Trinajstić information content (AvgIpc) is 2.78. The quantitative estimate of drug-likeness (QED) is 0.462. The number of nitrogens with one attached hydrogen (secondary N) is 2. The SMILES string of the molecule is C=CC(=C)n1c2cccc(c2)nc2[nH]c(nc3cc(F)c(OC(C)(C)CO)c1c3)NC=C2F. The number of aliphatic hydroxyl groups is 1. The van der Waals surface area contributed by atoms with Gasteiger partial charge in [-0.05, 0) is 44.2 Å². The number of hydrogen-bond acceptors (Lipinski definition) is 5. The molecule has 7 nitrogen and oxygen atoms in total. The Morgan fingerprint density at radius 3 is 2.73 bits per heavy atom. The third-order valence-corrected chi connectivity index (χ3v) is 4.90. The van der Waals surface area contributed by atoms with Crippen molar-refractivity contribution in [3.63, 3.8) is 0 Å². The molecule has 0 saturated heterocycles.